The normalized spacial score (nSPS) is 15.6. The molecule has 1 N–H and O–H groups in total. The lowest BCUT2D eigenvalue weighted by atomic mass is 10.1. The van der Waals surface area contributed by atoms with Crippen molar-refractivity contribution >= 4 is 43.7 Å². The molecule has 0 atom stereocenters. The van der Waals surface area contributed by atoms with Crippen molar-refractivity contribution in [2.45, 2.75) is 13.3 Å². The predicted octanol–water partition coefficient (Wildman–Crippen LogP) is 2.61. The van der Waals surface area contributed by atoms with Crippen LogP contribution in [0, 0.1) is 6.92 Å². The second-order valence-corrected chi connectivity index (χ2v) is 5.85. The van der Waals surface area contributed by atoms with Crippen molar-refractivity contribution in [2.24, 2.45) is 0 Å². The van der Waals surface area contributed by atoms with E-state index in [0.29, 0.717) is 6.42 Å². The van der Waals surface area contributed by atoms with E-state index < -0.39 is 0 Å². The molecule has 1 aromatic carbocycles. The molecule has 0 bridgehead atoms. The number of imide groups is 1. The Labute approximate surface area is 127 Å². The number of hydrogen-bond donors (Lipinski definition) is 1. The topological polar surface area (TPSA) is 57.6 Å². The van der Waals surface area contributed by atoms with Gasteiger partial charge in [0.1, 0.15) is 14.7 Å². The van der Waals surface area contributed by atoms with Crippen LogP contribution >= 0.6 is 31.9 Å². The summed E-state index contributed by atoms with van der Waals surface area (Å²) < 4.78 is 0.508. The van der Waals surface area contributed by atoms with E-state index in [4.69, 9.17) is 0 Å². The van der Waals surface area contributed by atoms with Gasteiger partial charge in [-0.05, 0) is 62.4 Å². The highest BCUT2D eigenvalue weighted by molar-refractivity contribution is 9.14. The van der Waals surface area contributed by atoms with E-state index in [2.05, 4.69) is 31.9 Å². The van der Waals surface area contributed by atoms with Gasteiger partial charge < -0.3 is 5.11 Å². The summed E-state index contributed by atoms with van der Waals surface area (Å²) in [4.78, 5) is 24.8. The number of amides is 2. The van der Waals surface area contributed by atoms with Crippen LogP contribution in [0.3, 0.4) is 0 Å². The van der Waals surface area contributed by atoms with Crippen LogP contribution < -0.4 is 0 Å². The van der Waals surface area contributed by atoms with Crippen LogP contribution in [0.1, 0.15) is 11.1 Å². The summed E-state index contributed by atoms with van der Waals surface area (Å²) in [5, 5.41) is 9.61. The van der Waals surface area contributed by atoms with Crippen LogP contribution in [0.25, 0.3) is 0 Å². The maximum absolute atomic E-state index is 11.8. The third-order valence-electron chi connectivity index (χ3n) is 2.96. The van der Waals surface area contributed by atoms with Gasteiger partial charge in [0.05, 0.1) is 0 Å². The smallest absolute Gasteiger partial charge is 0.269 e. The first-order valence-corrected chi connectivity index (χ1v) is 7.20. The second kappa shape index (κ2) is 5.46. The summed E-state index contributed by atoms with van der Waals surface area (Å²) in [7, 11) is 0. The molecule has 0 fully saturated rings. The zero-order valence-electron chi connectivity index (χ0n) is 10.1. The van der Waals surface area contributed by atoms with E-state index >= 15 is 0 Å². The van der Waals surface area contributed by atoms with Crippen molar-refractivity contribution in [1.29, 1.82) is 0 Å². The number of phenolic OH excluding ortho intramolecular Hbond substituents is 1. The number of hydrogen-bond acceptors (Lipinski definition) is 3. The molecule has 0 aliphatic carbocycles. The van der Waals surface area contributed by atoms with Crippen LogP contribution in [-0.2, 0) is 16.0 Å². The largest absolute Gasteiger partial charge is 0.508 e. The number of rotatable bonds is 3. The first-order valence-electron chi connectivity index (χ1n) is 5.61. The fourth-order valence-electron chi connectivity index (χ4n) is 1.77. The number of nitrogens with zero attached hydrogens (tertiary/aromatic N) is 1. The number of carbonyl (C=O) groups is 2. The van der Waals surface area contributed by atoms with Crippen molar-refractivity contribution in [3.63, 3.8) is 0 Å². The Hall–Kier alpha value is -1.14. The fraction of sp³-hybridized carbons (Fsp3) is 0.231. The van der Waals surface area contributed by atoms with Gasteiger partial charge in [0, 0.05) is 6.54 Å². The molecular weight excluding hydrogens is 378 g/mol. The van der Waals surface area contributed by atoms with Crippen molar-refractivity contribution in [3.8, 4) is 5.75 Å². The predicted molar refractivity (Wildman–Crippen MR) is 78.1 cm³/mol. The van der Waals surface area contributed by atoms with Crippen LogP contribution in [0.15, 0.2) is 27.2 Å². The summed E-state index contributed by atoms with van der Waals surface area (Å²) in [6.45, 7) is 2.09. The van der Waals surface area contributed by atoms with Gasteiger partial charge in [-0.25, -0.2) is 0 Å². The monoisotopic (exact) mass is 387 g/mol. The van der Waals surface area contributed by atoms with Crippen molar-refractivity contribution in [1.82, 2.24) is 4.90 Å². The van der Waals surface area contributed by atoms with Gasteiger partial charge in [0.25, 0.3) is 11.8 Å². The average Bonchev–Trinajstić information content (AvgIpc) is 2.56. The number of halogens is 2. The highest BCUT2D eigenvalue weighted by Crippen LogP contribution is 2.29. The molecule has 2 amide bonds. The molecule has 4 nitrogen and oxygen atoms in total. The Bertz CT molecular complexity index is 572. The molecule has 0 aromatic heterocycles. The molecule has 0 radical (unpaired) electrons. The molecule has 0 unspecified atom stereocenters. The van der Waals surface area contributed by atoms with Crippen LogP contribution in [0.4, 0.5) is 0 Å². The molecule has 1 heterocycles. The van der Waals surface area contributed by atoms with Gasteiger partial charge in [-0.3, -0.25) is 14.5 Å². The van der Waals surface area contributed by atoms with E-state index in [0.717, 1.165) is 11.1 Å². The highest BCUT2D eigenvalue weighted by Gasteiger charge is 2.35. The van der Waals surface area contributed by atoms with Gasteiger partial charge in [-0.15, -0.1) is 0 Å². The summed E-state index contributed by atoms with van der Waals surface area (Å²) in [6, 6.07) is 5.33. The zero-order valence-corrected chi connectivity index (χ0v) is 13.3. The van der Waals surface area contributed by atoms with Gasteiger partial charge in [-0.2, -0.15) is 0 Å². The number of benzene rings is 1. The first-order chi connectivity index (χ1) is 8.91. The average molecular weight is 389 g/mol. The highest BCUT2D eigenvalue weighted by atomic mass is 79.9. The summed E-state index contributed by atoms with van der Waals surface area (Å²) in [5.41, 5.74) is 1.67. The third-order valence-corrected chi connectivity index (χ3v) is 4.96. The van der Waals surface area contributed by atoms with E-state index in [1.165, 1.54) is 4.90 Å². The Kier molecular flexibility index (Phi) is 4.10. The molecule has 0 saturated carbocycles. The molecule has 19 heavy (non-hydrogen) atoms. The standard InChI is InChI=1S/C13H11Br2NO3/c1-7-2-3-8(6-9(7)17)4-5-16-12(18)10(14)11(15)13(16)19/h2-3,6,17H,4-5H2,1H3. The van der Waals surface area contributed by atoms with E-state index in [1.54, 1.807) is 6.07 Å². The maximum Gasteiger partial charge on any atom is 0.269 e. The molecular formula is C13H11Br2NO3. The lowest BCUT2D eigenvalue weighted by molar-refractivity contribution is -0.136. The Morgan fingerprint density at radius 1 is 1.16 bits per heavy atom. The van der Waals surface area contributed by atoms with E-state index in [1.807, 2.05) is 19.1 Å². The number of aryl methyl sites for hydroxylation is 1. The van der Waals surface area contributed by atoms with Gasteiger partial charge in [0.2, 0.25) is 0 Å². The SMILES string of the molecule is Cc1ccc(CCN2C(=O)C(Br)=C(Br)C2=O)cc1O. The van der Waals surface area contributed by atoms with Crippen LogP contribution in [-0.4, -0.2) is 28.4 Å². The Balaban J connectivity index is 2.06. The second-order valence-electron chi connectivity index (χ2n) is 4.26. The van der Waals surface area contributed by atoms with Gasteiger partial charge >= 0.3 is 0 Å². The van der Waals surface area contributed by atoms with Crippen molar-refractivity contribution in [3.05, 3.63) is 38.3 Å². The molecule has 1 aliphatic rings. The van der Waals surface area contributed by atoms with Crippen LogP contribution in [0.5, 0.6) is 5.75 Å². The van der Waals surface area contributed by atoms with E-state index in [-0.39, 0.29) is 33.1 Å². The van der Waals surface area contributed by atoms with Crippen LogP contribution in [0.2, 0.25) is 0 Å². The molecule has 6 heteroatoms. The quantitative estimate of drug-likeness (QED) is 0.809. The lowest BCUT2D eigenvalue weighted by Gasteiger charge is -2.14. The van der Waals surface area contributed by atoms with E-state index in [9.17, 15) is 14.7 Å². The van der Waals surface area contributed by atoms with Crippen molar-refractivity contribution in [2.75, 3.05) is 6.54 Å². The minimum Gasteiger partial charge on any atom is -0.508 e. The molecule has 0 spiro atoms. The minimum absolute atomic E-state index is 0.220. The molecule has 0 saturated heterocycles. The maximum atomic E-state index is 11.8. The van der Waals surface area contributed by atoms with Crippen molar-refractivity contribution < 1.29 is 14.7 Å². The Morgan fingerprint density at radius 2 is 1.74 bits per heavy atom. The molecule has 1 aliphatic heterocycles. The van der Waals surface area contributed by atoms with Gasteiger partial charge in [0.15, 0.2) is 0 Å². The lowest BCUT2D eigenvalue weighted by Crippen LogP contribution is -2.33. The molecule has 2 rings (SSSR count). The minimum atomic E-state index is -0.340. The number of carbonyl (C=O) groups excluding carboxylic acids is 2. The fourth-order valence-corrected chi connectivity index (χ4v) is 2.54. The Morgan fingerprint density at radius 3 is 2.26 bits per heavy atom. The summed E-state index contributed by atoms with van der Waals surface area (Å²) >= 11 is 6.16. The molecule has 1 aromatic rings. The first kappa shape index (κ1) is 14.3. The molecule has 100 valence electrons. The number of aromatic hydroxyl groups is 1. The zero-order chi connectivity index (χ0) is 14.2. The summed E-state index contributed by atoms with van der Waals surface area (Å²) in [6.07, 6.45) is 0.506. The third kappa shape index (κ3) is 2.74. The number of phenols is 1. The van der Waals surface area contributed by atoms with Gasteiger partial charge in [-0.1, -0.05) is 12.1 Å². The summed E-state index contributed by atoms with van der Waals surface area (Å²) in [5.74, 6) is -0.460.